The van der Waals surface area contributed by atoms with Crippen LogP contribution in [0.5, 0.6) is 0 Å². The van der Waals surface area contributed by atoms with Crippen LogP contribution in [-0.2, 0) is 4.74 Å². The molecule has 0 aliphatic carbocycles. The SMILES string of the molecule is C=C1CCCC(C/C=C\CC)O1. The third-order valence-electron chi connectivity index (χ3n) is 2.12. The fraction of sp³-hybridized carbons (Fsp3) is 0.636. The Morgan fingerprint density at radius 3 is 3.08 bits per heavy atom. The van der Waals surface area contributed by atoms with Gasteiger partial charge in [-0.2, -0.15) is 0 Å². The van der Waals surface area contributed by atoms with Gasteiger partial charge in [0.2, 0.25) is 0 Å². The predicted octanol–water partition coefficient (Wildman–Crippen LogP) is 3.43. The molecule has 1 aliphatic rings. The van der Waals surface area contributed by atoms with Gasteiger partial charge in [-0.05, 0) is 19.3 Å². The average molecular weight is 166 g/mol. The molecule has 1 aliphatic heterocycles. The quantitative estimate of drug-likeness (QED) is 0.584. The number of ether oxygens (including phenoxy) is 1. The van der Waals surface area contributed by atoms with Crippen LogP contribution >= 0.6 is 0 Å². The molecule has 1 nitrogen and oxygen atoms in total. The van der Waals surface area contributed by atoms with Gasteiger partial charge in [-0.3, -0.25) is 0 Å². The van der Waals surface area contributed by atoms with Crippen molar-refractivity contribution in [3.05, 3.63) is 24.5 Å². The molecule has 1 rings (SSSR count). The summed E-state index contributed by atoms with van der Waals surface area (Å²) in [6.45, 7) is 6.00. The lowest BCUT2D eigenvalue weighted by atomic mass is 10.0. The lowest BCUT2D eigenvalue weighted by Gasteiger charge is -2.24. The van der Waals surface area contributed by atoms with Gasteiger partial charge in [0.15, 0.2) is 0 Å². The first kappa shape index (κ1) is 9.37. The highest BCUT2D eigenvalue weighted by Gasteiger charge is 2.14. The number of hydrogen-bond acceptors (Lipinski definition) is 1. The molecule has 0 aromatic heterocycles. The van der Waals surface area contributed by atoms with Crippen molar-refractivity contribution in [2.75, 3.05) is 0 Å². The average Bonchev–Trinajstić information content (AvgIpc) is 2.05. The highest BCUT2D eigenvalue weighted by atomic mass is 16.5. The van der Waals surface area contributed by atoms with Gasteiger partial charge in [0.1, 0.15) is 6.10 Å². The largest absolute Gasteiger partial charge is 0.495 e. The molecule has 1 heterocycles. The fourth-order valence-corrected chi connectivity index (χ4v) is 1.46. The van der Waals surface area contributed by atoms with Crippen molar-refractivity contribution < 1.29 is 4.74 Å². The third-order valence-corrected chi connectivity index (χ3v) is 2.12. The van der Waals surface area contributed by atoms with Gasteiger partial charge < -0.3 is 4.74 Å². The first-order chi connectivity index (χ1) is 5.83. The van der Waals surface area contributed by atoms with E-state index >= 15 is 0 Å². The van der Waals surface area contributed by atoms with E-state index in [2.05, 4.69) is 25.7 Å². The van der Waals surface area contributed by atoms with Crippen LogP contribution in [0.15, 0.2) is 24.5 Å². The van der Waals surface area contributed by atoms with Gasteiger partial charge >= 0.3 is 0 Å². The Morgan fingerprint density at radius 2 is 2.42 bits per heavy atom. The van der Waals surface area contributed by atoms with Crippen molar-refractivity contribution in [3.63, 3.8) is 0 Å². The smallest absolute Gasteiger partial charge is 0.102 e. The molecule has 0 saturated carbocycles. The normalized spacial score (nSPS) is 24.4. The van der Waals surface area contributed by atoms with Crippen LogP contribution in [0.4, 0.5) is 0 Å². The maximum absolute atomic E-state index is 5.59. The van der Waals surface area contributed by atoms with Crippen LogP contribution in [0.3, 0.4) is 0 Å². The highest BCUT2D eigenvalue weighted by molar-refractivity contribution is 4.91. The zero-order valence-corrected chi connectivity index (χ0v) is 7.88. The molecule has 12 heavy (non-hydrogen) atoms. The van der Waals surface area contributed by atoms with Crippen LogP contribution in [-0.4, -0.2) is 6.10 Å². The van der Waals surface area contributed by atoms with E-state index in [1.54, 1.807) is 0 Å². The van der Waals surface area contributed by atoms with Crippen LogP contribution in [0.2, 0.25) is 0 Å². The van der Waals surface area contributed by atoms with Gasteiger partial charge in [0.05, 0.1) is 5.76 Å². The van der Waals surface area contributed by atoms with Crippen LogP contribution < -0.4 is 0 Å². The van der Waals surface area contributed by atoms with Crippen LogP contribution in [0.25, 0.3) is 0 Å². The van der Waals surface area contributed by atoms with Crippen LogP contribution in [0.1, 0.15) is 39.0 Å². The molecule has 68 valence electrons. The molecule has 0 N–H and O–H groups in total. The zero-order chi connectivity index (χ0) is 8.81. The molecule has 0 aromatic carbocycles. The second kappa shape index (κ2) is 5.02. The number of rotatable bonds is 3. The summed E-state index contributed by atoms with van der Waals surface area (Å²) >= 11 is 0. The lowest BCUT2D eigenvalue weighted by Crippen LogP contribution is -2.16. The van der Waals surface area contributed by atoms with Gasteiger partial charge in [0.25, 0.3) is 0 Å². The zero-order valence-electron chi connectivity index (χ0n) is 7.88. The van der Waals surface area contributed by atoms with E-state index in [1.807, 2.05) is 0 Å². The Labute approximate surface area is 75.1 Å². The Hall–Kier alpha value is -0.720. The van der Waals surface area contributed by atoms with E-state index in [0.717, 1.165) is 25.0 Å². The molecular weight excluding hydrogens is 148 g/mol. The summed E-state index contributed by atoms with van der Waals surface area (Å²) in [4.78, 5) is 0. The number of allylic oxidation sites excluding steroid dienone is 2. The molecule has 0 amide bonds. The Bertz CT molecular complexity index is 170. The third kappa shape index (κ3) is 3.12. The van der Waals surface area contributed by atoms with Gasteiger partial charge in [-0.25, -0.2) is 0 Å². The topological polar surface area (TPSA) is 9.23 Å². The molecule has 1 fully saturated rings. The monoisotopic (exact) mass is 166 g/mol. The number of hydrogen-bond donors (Lipinski definition) is 0. The standard InChI is InChI=1S/C11H18O/c1-3-4-5-8-11-9-6-7-10(2)12-11/h4-5,11H,2-3,6-9H2,1H3/b5-4-. The maximum Gasteiger partial charge on any atom is 0.102 e. The molecule has 1 heteroatoms. The van der Waals surface area contributed by atoms with Crippen molar-refractivity contribution in [3.8, 4) is 0 Å². The molecule has 1 atom stereocenters. The summed E-state index contributed by atoms with van der Waals surface area (Å²) in [5, 5.41) is 0. The van der Waals surface area contributed by atoms with E-state index < -0.39 is 0 Å². The van der Waals surface area contributed by atoms with Crippen molar-refractivity contribution >= 4 is 0 Å². The van der Waals surface area contributed by atoms with Gasteiger partial charge in [0, 0.05) is 12.8 Å². The lowest BCUT2D eigenvalue weighted by molar-refractivity contribution is 0.0769. The van der Waals surface area contributed by atoms with E-state index in [-0.39, 0.29) is 0 Å². The molecule has 0 radical (unpaired) electrons. The van der Waals surface area contributed by atoms with Gasteiger partial charge in [-0.1, -0.05) is 25.7 Å². The van der Waals surface area contributed by atoms with Crippen molar-refractivity contribution in [2.45, 2.75) is 45.1 Å². The van der Waals surface area contributed by atoms with E-state index in [0.29, 0.717) is 6.10 Å². The summed E-state index contributed by atoms with van der Waals surface area (Å²) in [5.41, 5.74) is 0. The minimum atomic E-state index is 0.397. The van der Waals surface area contributed by atoms with E-state index in [4.69, 9.17) is 4.74 Å². The molecule has 1 saturated heterocycles. The Balaban J connectivity index is 2.22. The van der Waals surface area contributed by atoms with E-state index in [1.165, 1.54) is 12.8 Å². The van der Waals surface area contributed by atoms with Crippen molar-refractivity contribution in [1.82, 2.24) is 0 Å². The molecule has 0 spiro atoms. The molecule has 0 aromatic rings. The molecular formula is C11H18O. The second-order valence-electron chi connectivity index (χ2n) is 3.29. The predicted molar refractivity (Wildman–Crippen MR) is 51.9 cm³/mol. The van der Waals surface area contributed by atoms with Crippen molar-refractivity contribution in [1.29, 1.82) is 0 Å². The van der Waals surface area contributed by atoms with Crippen molar-refractivity contribution in [2.24, 2.45) is 0 Å². The highest BCUT2D eigenvalue weighted by Crippen LogP contribution is 2.22. The van der Waals surface area contributed by atoms with E-state index in [9.17, 15) is 0 Å². The minimum Gasteiger partial charge on any atom is -0.495 e. The minimum absolute atomic E-state index is 0.397. The first-order valence-electron chi connectivity index (χ1n) is 4.82. The Morgan fingerprint density at radius 1 is 1.58 bits per heavy atom. The first-order valence-corrected chi connectivity index (χ1v) is 4.82. The van der Waals surface area contributed by atoms with Crippen LogP contribution in [0, 0.1) is 0 Å². The second-order valence-corrected chi connectivity index (χ2v) is 3.29. The summed E-state index contributed by atoms with van der Waals surface area (Å²) in [5.74, 6) is 0.969. The molecule has 1 unspecified atom stereocenters. The molecule has 0 bridgehead atoms. The summed E-state index contributed by atoms with van der Waals surface area (Å²) in [7, 11) is 0. The maximum atomic E-state index is 5.59. The van der Waals surface area contributed by atoms with Gasteiger partial charge in [-0.15, -0.1) is 0 Å². The Kier molecular flexibility index (Phi) is 3.92. The summed E-state index contributed by atoms with van der Waals surface area (Å²) in [6, 6.07) is 0. The summed E-state index contributed by atoms with van der Waals surface area (Å²) < 4.78 is 5.59. The summed E-state index contributed by atoms with van der Waals surface area (Å²) in [6.07, 6.45) is 10.4. The fourth-order valence-electron chi connectivity index (χ4n) is 1.46.